The van der Waals surface area contributed by atoms with Gasteiger partial charge in [-0.2, -0.15) is 0 Å². The average Bonchev–Trinajstić information content (AvgIpc) is 3.44. The van der Waals surface area contributed by atoms with Gasteiger partial charge in [0.05, 0.1) is 10.6 Å². The van der Waals surface area contributed by atoms with Crippen LogP contribution in [0.3, 0.4) is 0 Å². The van der Waals surface area contributed by atoms with E-state index in [4.69, 9.17) is 0 Å². The monoisotopic (exact) mass is 625 g/mol. The molecule has 0 radical (unpaired) electrons. The van der Waals surface area contributed by atoms with E-state index in [0.29, 0.717) is 5.69 Å². The lowest BCUT2D eigenvalue weighted by molar-refractivity contribution is -0.139. The van der Waals surface area contributed by atoms with E-state index in [-0.39, 0.29) is 23.4 Å². The molecule has 3 aromatic carbocycles. The minimum Gasteiger partial charge on any atom is -0.352 e. The number of nitrogens with one attached hydrogen (secondary N) is 1. The first-order valence-corrected chi connectivity index (χ1v) is 15.8. The van der Waals surface area contributed by atoms with Crippen molar-refractivity contribution < 1.29 is 18.0 Å². The summed E-state index contributed by atoms with van der Waals surface area (Å²) in [6.07, 6.45) is 3.99. The molecular formula is C31H36BrN3O4S. The third-order valence-corrected chi connectivity index (χ3v) is 9.60. The summed E-state index contributed by atoms with van der Waals surface area (Å²) in [7, 11) is -4.08. The van der Waals surface area contributed by atoms with E-state index < -0.39 is 28.5 Å². The maximum Gasteiger partial charge on any atom is 0.264 e. The molecule has 0 heterocycles. The zero-order chi connectivity index (χ0) is 28.9. The first-order chi connectivity index (χ1) is 19.0. The van der Waals surface area contributed by atoms with Gasteiger partial charge in [0, 0.05) is 17.1 Å². The Bertz CT molecular complexity index is 1440. The van der Waals surface area contributed by atoms with E-state index in [1.807, 2.05) is 50.2 Å². The van der Waals surface area contributed by atoms with E-state index in [2.05, 4.69) is 21.2 Å². The normalized spacial score (nSPS) is 14.5. The van der Waals surface area contributed by atoms with Crippen molar-refractivity contribution in [1.29, 1.82) is 0 Å². The summed E-state index contributed by atoms with van der Waals surface area (Å²) in [5, 5.41) is 3.09. The van der Waals surface area contributed by atoms with Gasteiger partial charge in [-0.1, -0.05) is 76.3 Å². The molecule has 0 saturated heterocycles. The summed E-state index contributed by atoms with van der Waals surface area (Å²) in [4.78, 5) is 28.9. The lowest BCUT2D eigenvalue weighted by atomic mass is 10.1. The highest BCUT2D eigenvalue weighted by atomic mass is 79.9. The molecule has 2 amide bonds. The van der Waals surface area contributed by atoms with E-state index in [0.717, 1.165) is 51.2 Å². The SMILES string of the molecule is Cc1ccc(N(CC(=O)N(Cc2cccc(Br)c2)C(C)C(=O)NC2CCCC2)S(=O)(=O)c2ccc(C)cc2)cc1. The Hall–Kier alpha value is -3.17. The molecule has 1 unspecified atom stereocenters. The summed E-state index contributed by atoms with van der Waals surface area (Å²) < 4.78 is 29.8. The molecule has 3 aromatic rings. The summed E-state index contributed by atoms with van der Waals surface area (Å²) in [5.74, 6) is -0.705. The van der Waals surface area contributed by atoms with Crippen molar-refractivity contribution in [1.82, 2.24) is 10.2 Å². The van der Waals surface area contributed by atoms with Crippen molar-refractivity contribution in [2.24, 2.45) is 0 Å². The number of rotatable bonds is 10. The molecule has 4 rings (SSSR count). The number of amides is 2. The van der Waals surface area contributed by atoms with E-state index in [9.17, 15) is 18.0 Å². The maximum absolute atomic E-state index is 14.0. The Morgan fingerprint density at radius 2 is 1.55 bits per heavy atom. The van der Waals surface area contributed by atoms with Crippen LogP contribution in [-0.4, -0.2) is 43.8 Å². The molecule has 1 saturated carbocycles. The fourth-order valence-electron chi connectivity index (χ4n) is 4.88. The van der Waals surface area contributed by atoms with Gasteiger partial charge in [0.1, 0.15) is 12.6 Å². The summed E-state index contributed by atoms with van der Waals surface area (Å²) in [6.45, 7) is 5.20. The van der Waals surface area contributed by atoms with E-state index >= 15 is 0 Å². The number of hydrogen-bond donors (Lipinski definition) is 1. The van der Waals surface area contributed by atoms with Gasteiger partial charge in [-0.15, -0.1) is 0 Å². The van der Waals surface area contributed by atoms with Gasteiger partial charge in [-0.3, -0.25) is 13.9 Å². The molecule has 1 aliphatic rings. The van der Waals surface area contributed by atoms with Crippen molar-refractivity contribution >= 4 is 43.5 Å². The lowest BCUT2D eigenvalue weighted by Gasteiger charge is -2.32. The van der Waals surface area contributed by atoms with Crippen LogP contribution in [0.5, 0.6) is 0 Å². The molecule has 0 bridgehead atoms. The van der Waals surface area contributed by atoms with Gasteiger partial charge in [-0.05, 0) is 75.6 Å². The van der Waals surface area contributed by atoms with E-state index in [1.54, 1.807) is 43.3 Å². The Morgan fingerprint density at radius 1 is 0.950 bits per heavy atom. The van der Waals surface area contributed by atoms with Crippen molar-refractivity contribution in [2.45, 2.75) is 70.0 Å². The molecule has 1 aliphatic carbocycles. The number of benzene rings is 3. The highest BCUT2D eigenvalue weighted by Gasteiger charge is 2.33. The number of hydrogen-bond acceptors (Lipinski definition) is 4. The second-order valence-corrected chi connectivity index (χ2v) is 13.3. The predicted molar refractivity (Wildman–Crippen MR) is 161 cm³/mol. The van der Waals surface area contributed by atoms with Gasteiger partial charge in [0.2, 0.25) is 11.8 Å². The van der Waals surface area contributed by atoms with Crippen LogP contribution in [0.4, 0.5) is 5.69 Å². The number of sulfonamides is 1. The number of halogens is 1. The van der Waals surface area contributed by atoms with Gasteiger partial charge >= 0.3 is 0 Å². The minimum absolute atomic E-state index is 0.0945. The second kappa shape index (κ2) is 13.0. The van der Waals surface area contributed by atoms with Gasteiger partial charge in [-0.25, -0.2) is 8.42 Å². The van der Waals surface area contributed by atoms with Gasteiger partial charge in [0.15, 0.2) is 0 Å². The number of nitrogens with zero attached hydrogens (tertiary/aromatic N) is 2. The summed E-state index contributed by atoms with van der Waals surface area (Å²) in [5.41, 5.74) is 3.10. The Morgan fingerprint density at radius 3 is 2.15 bits per heavy atom. The molecule has 0 spiro atoms. The largest absolute Gasteiger partial charge is 0.352 e. The third kappa shape index (κ3) is 7.31. The van der Waals surface area contributed by atoms with Crippen LogP contribution in [-0.2, 0) is 26.2 Å². The highest BCUT2D eigenvalue weighted by Crippen LogP contribution is 2.26. The molecule has 7 nitrogen and oxygen atoms in total. The lowest BCUT2D eigenvalue weighted by Crippen LogP contribution is -2.52. The van der Waals surface area contributed by atoms with Crippen LogP contribution in [0.1, 0.15) is 49.3 Å². The molecule has 9 heteroatoms. The van der Waals surface area contributed by atoms with Crippen LogP contribution >= 0.6 is 15.9 Å². The van der Waals surface area contributed by atoms with Crippen LogP contribution < -0.4 is 9.62 Å². The molecule has 1 N–H and O–H groups in total. The van der Waals surface area contributed by atoms with Crippen molar-refractivity contribution in [3.05, 3.63) is 94.0 Å². The maximum atomic E-state index is 14.0. The van der Waals surface area contributed by atoms with Crippen LogP contribution in [0.25, 0.3) is 0 Å². The van der Waals surface area contributed by atoms with Gasteiger partial charge in [0.25, 0.3) is 10.0 Å². The zero-order valence-corrected chi connectivity index (χ0v) is 25.5. The Labute approximate surface area is 245 Å². The predicted octanol–water partition coefficient (Wildman–Crippen LogP) is 5.74. The molecule has 212 valence electrons. The molecule has 1 atom stereocenters. The molecule has 1 fully saturated rings. The first kappa shape index (κ1) is 29.8. The van der Waals surface area contributed by atoms with Crippen molar-refractivity contribution in [3.63, 3.8) is 0 Å². The standard InChI is InChI=1S/C31H36BrN3O4S/c1-22-11-15-28(16-12-22)35(40(38,39)29-17-13-23(2)14-18-29)21-30(36)34(20-25-7-6-8-26(32)19-25)24(3)31(37)33-27-9-4-5-10-27/h6-8,11-19,24,27H,4-5,9-10,20-21H2,1-3H3,(H,33,37). The van der Waals surface area contributed by atoms with E-state index in [1.165, 1.54) is 4.90 Å². The third-order valence-electron chi connectivity index (χ3n) is 7.32. The number of aryl methyl sites for hydroxylation is 2. The summed E-state index contributed by atoms with van der Waals surface area (Å²) in [6, 6.07) is 20.4. The second-order valence-electron chi connectivity index (χ2n) is 10.5. The topological polar surface area (TPSA) is 86.8 Å². The number of anilines is 1. The zero-order valence-electron chi connectivity index (χ0n) is 23.1. The van der Waals surface area contributed by atoms with Crippen LogP contribution in [0.2, 0.25) is 0 Å². The molecular weight excluding hydrogens is 590 g/mol. The van der Waals surface area contributed by atoms with Crippen LogP contribution in [0.15, 0.2) is 82.2 Å². The van der Waals surface area contributed by atoms with Crippen LogP contribution in [0, 0.1) is 13.8 Å². The highest BCUT2D eigenvalue weighted by molar-refractivity contribution is 9.10. The van der Waals surface area contributed by atoms with Crippen molar-refractivity contribution in [2.75, 3.05) is 10.8 Å². The first-order valence-electron chi connectivity index (χ1n) is 13.5. The fraction of sp³-hybridized carbons (Fsp3) is 0.355. The van der Waals surface area contributed by atoms with Gasteiger partial charge < -0.3 is 10.2 Å². The van der Waals surface area contributed by atoms with Crippen molar-refractivity contribution in [3.8, 4) is 0 Å². The molecule has 40 heavy (non-hydrogen) atoms. The quantitative estimate of drug-likeness (QED) is 0.311. The Balaban J connectivity index is 1.68. The number of carbonyl (C=O) groups is 2. The fourth-order valence-corrected chi connectivity index (χ4v) is 6.74. The molecule has 0 aromatic heterocycles. The molecule has 0 aliphatic heterocycles. The minimum atomic E-state index is -4.08. The smallest absolute Gasteiger partial charge is 0.264 e. The Kier molecular flexibility index (Phi) is 9.68. The number of carbonyl (C=O) groups excluding carboxylic acids is 2. The summed E-state index contributed by atoms with van der Waals surface area (Å²) >= 11 is 3.48. The average molecular weight is 627 g/mol.